The number of fused-ring (bicyclic) bond motifs is 1. The number of nitrogens with zero attached hydrogens (tertiary/aromatic N) is 2. The molecule has 0 radical (unpaired) electrons. The van der Waals surface area contributed by atoms with E-state index >= 15 is 0 Å². The van der Waals surface area contributed by atoms with Crippen molar-refractivity contribution < 1.29 is 14.6 Å². The van der Waals surface area contributed by atoms with Gasteiger partial charge in [0.15, 0.2) is 0 Å². The van der Waals surface area contributed by atoms with E-state index in [4.69, 9.17) is 9.84 Å². The van der Waals surface area contributed by atoms with E-state index in [9.17, 15) is 4.79 Å². The number of aromatic nitrogens is 1. The van der Waals surface area contributed by atoms with Crippen LogP contribution >= 0.6 is 0 Å². The number of benzene rings is 2. The molecule has 0 atom stereocenters. The van der Waals surface area contributed by atoms with E-state index in [0.717, 1.165) is 31.6 Å². The molecule has 2 N–H and O–H groups in total. The summed E-state index contributed by atoms with van der Waals surface area (Å²) in [6.07, 6.45) is 7.52. The van der Waals surface area contributed by atoms with Crippen LogP contribution in [0.3, 0.4) is 0 Å². The molecule has 0 fully saturated rings. The number of rotatable bonds is 6. The van der Waals surface area contributed by atoms with E-state index in [1.54, 1.807) is 7.05 Å². The lowest BCUT2D eigenvalue weighted by Crippen LogP contribution is -2.12. The van der Waals surface area contributed by atoms with Crippen LogP contribution in [-0.2, 0) is 12.8 Å². The molecule has 6 nitrogen and oxygen atoms in total. The number of carboxylic acids is 1. The van der Waals surface area contributed by atoms with Gasteiger partial charge in [-0.25, -0.2) is 4.79 Å². The van der Waals surface area contributed by atoms with Crippen molar-refractivity contribution in [3.63, 3.8) is 0 Å². The van der Waals surface area contributed by atoms with Crippen LogP contribution in [0.5, 0.6) is 5.75 Å². The Labute approximate surface area is 189 Å². The third-order valence-corrected chi connectivity index (χ3v) is 5.47. The summed E-state index contributed by atoms with van der Waals surface area (Å²) in [5.41, 5.74) is 5.90. The van der Waals surface area contributed by atoms with Crippen LogP contribution in [-0.4, -0.2) is 36.8 Å². The maximum atomic E-state index is 10.5. The highest BCUT2D eigenvalue weighted by Crippen LogP contribution is 2.32. The minimum Gasteiger partial charge on any atom is -0.493 e. The quantitative estimate of drug-likeness (QED) is 0.531. The minimum atomic E-state index is -0.947. The number of carboxylic acid groups (broad SMARTS) is 1. The molecule has 3 aromatic rings. The number of hydrogen-bond acceptors (Lipinski definition) is 5. The predicted molar refractivity (Wildman–Crippen MR) is 130 cm³/mol. The van der Waals surface area contributed by atoms with E-state index in [1.165, 1.54) is 47.4 Å². The van der Waals surface area contributed by atoms with Crippen molar-refractivity contribution in [2.24, 2.45) is 0 Å². The number of ether oxygens (including phenoxy) is 1. The largest absolute Gasteiger partial charge is 0.493 e. The summed E-state index contributed by atoms with van der Waals surface area (Å²) in [4.78, 5) is 16.5. The van der Waals surface area contributed by atoms with Gasteiger partial charge in [-0.05, 0) is 54.7 Å². The zero-order valence-electron chi connectivity index (χ0n) is 19.0. The second-order valence-corrected chi connectivity index (χ2v) is 7.70. The molecule has 0 saturated heterocycles. The van der Waals surface area contributed by atoms with Crippen LogP contribution in [0, 0.1) is 0 Å². The topological polar surface area (TPSA) is 74.7 Å². The molecule has 0 unspecified atom stereocenters. The van der Waals surface area contributed by atoms with E-state index in [-0.39, 0.29) is 5.56 Å². The monoisotopic (exact) mass is 433 g/mol. The molecular weight excluding hydrogens is 402 g/mol. The van der Waals surface area contributed by atoms with E-state index in [1.807, 2.05) is 0 Å². The van der Waals surface area contributed by atoms with Crippen molar-refractivity contribution >= 4 is 23.0 Å². The van der Waals surface area contributed by atoms with Crippen LogP contribution in [0.2, 0.25) is 0 Å². The molecule has 0 aliphatic carbocycles. The fourth-order valence-electron chi connectivity index (χ4n) is 3.64. The minimum absolute atomic E-state index is 0.238. The van der Waals surface area contributed by atoms with Crippen molar-refractivity contribution in [2.45, 2.75) is 32.6 Å². The van der Waals surface area contributed by atoms with Gasteiger partial charge in [-0.1, -0.05) is 31.5 Å². The van der Waals surface area contributed by atoms with E-state index in [0.29, 0.717) is 5.69 Å². The maximum absolute atomic E-state index is 10.5. The summed E-state index contributed by atoms with van der Waals surface area (Å²) in [6, 6.07) is 16.9. The molecule has 1 aliphatic heterocycles. The summed E-state index contributed by atoms with van der Waals surface area (Å²) >= 11 is 0. The van der Waals surface area contributed by atoms with Gasteiger partial charge in [0.1, 0.15) is 5.75 Å². The van der Waals surface area contributed by atoms with E-state index in [2.05, 4.69) is 71.6 Å². The molecule has 0 saturated carbocycles. The lowest BCUT2D eigenvalue weighted by atomic mass is 10.1. The highest BCUT2D eigenvalue weighted by molar-refractivity contribution is 5.93. The lowest BCUT2D eigenvalue weighted by molar-refractivity contribution is 0.0698. The number of aromatic carboxylic acids is 1. The summed E-state index contributed by atoms with van der Waals surface area (Å²) in [5.74, 6) is 0.102. The normalized spacial score (nSPS) is 12.0. The number of nitrogens with one attached hydrogen (secondary N) is 1. The van der Waals surface area contributed by atoms with Gasteiger partial charge >= 0.3 is 5.97 Å². The molecule has 2 aromatic carbocycles. The smallest absolute Gasteiger partial charge is 0.337 e. The Bertz CT molecular complexity index is 1030. The summed E-state index contributed by atoms with van der Waals surface area (Å²) < 4.78 is 5.77. The SMILES string of the molecule is CCCc1ccc(N(C)c2ccc3c(c2)OCCC3)cc1.CNc1cnccc1C(=O)O. The first-order chi connectivity index (χ1) is 15.5. The van der Waals surface area contributed by atoms with Gasteiger partial charge in [0.2, 0.25) is 0 Å². The number of aryl methyl sites for hydroxylation is 2. The molecular formula is C26H31N3O3. The first kappa shape index (κ1) is 23.1. The van der Waals surface area contributed by atoms with Crippen molar-refractivity contribution in [3.8, 4) is 5.75 Å². The van der Waals surface area contributed by atoms with Gasteiger partial charge in [-0.2, -0.15) is 0 Å². The second-order valence-electron chi connectivity index (χ2n) is 7.70. The van der Waals surface area contributed by atoms with Gasteiger partial charge in [-0.15, -0.1) is 0 Å². The van der Waals surface area contributed by atoms with Gasteiger partial charge < -0.3 is 20.1 Å². The third kappa shape index (κ3) is 5.78. The zero-order chi connectivity index (χ0) is 22.9. The number of carbonyl (C=O) groups is 1. The van der Waals surface area contributed by atoms with Gasteiger partial charge in [0.25, 0.3) is 0 Å². The molecule has 4 rings (SSSR count). The Morgan fingerprint density at radius 3 is 2.56 bits per heavy atom. The van der Waals surface area contributed by atoms with Crippen molar-refractivity contribution in [1.82, 2.24) is 4.98 Å². The Morgan fingerprint density at radius 2 is 1.91 bits per heavy atom. The average molecular weight is 434 g/mol. The molecule has 2 heterocycles. The average Bonchev–Trinajstić information content (AvgIpc) is 2.84. The molecule has 6 heteroatoms. The van der Waals surface area contributed by atoms with Crippen LogP contribution in [0.1, 0.15) is 41.3 Å². The highest BCUT2D eigenvalue weighted by Gasteiger charge is 2.13. The Morgan fingerprint density at radius 1 is 1.16 bits per heavy atom. The number of anilines is 3. The van der Waals surface area contributed by atoms with Crippen LogP contribution in [0.4, 0.5) is 17.1 Å². The van der Waals surface area contributed by atoms with Crippen molar-refractivity contribution in [3.05, 3.63) is 77.6 Å². The van der Waals surface area contributed by atoms with Crippen LogP contribution in [0.25, 0.3) is 0 Å². The first-order valence-electron chi connectivity index (χ1n) is 11.0. The lowest BCUT2D eigenvalue weighted by Gasteiger charge is -2.23. The van der Waals surface area contributed by atoms with Gasteiger partial charge in [0.05, 0.1) is 24.1 Å². The molecule has 0 spiro atoms. The zero-order valence-corrected chi connectivity index (χ0v) is 19.0. The standard InChI is InChI=1S/C19H23NO.C7H8N2O2/c1-3-5-15-7-10-17(11-8-15)20(2)18-12-9-16-6-4-13-21-19(16)14-18;1-8-6-4-9-3-2-5(6)7(10)11/h7-12,14H,3-6,13H2,1-2H3;2-4,8H,1H3,(H,10,11). The molecule has 1 aliphatic rings. The summed E-state index contributed by atoms with van der Waals surface area (Å²) in [7, 11) is 3.77. The predicted octanol–water partition coefficient (Wildman–Crippen LogP) is 5.55. The highest BCUT2D eigenvalue weighted by atomic mass is 16.5. The van der Waals surface area contributed by atoms with Crippen molar-refractivity contribution in [2.75, 3.05) is 30.9 Å². The number of pyridine rings is 1. The molecule has 0 bridgehead atoms. The fourth-order valence-corrected chi connectivity index (χ4v) is 3.64. The Hall–Kier alpha value is -3.54. The Balaban J connectivity index is 0.000000222. The molecule has 1 aromatic heterocycles. The number of hydrogen-bond donors (Lipinski definition) is 2. The van der Waals surface area contributed by atoms with Crippen LogP contribution in [0.15, 0.2) is 60.9 Å². The second kappa shape index (κ2) is 11.2. The van der Waals surface area contributed by atoms with E-state index < -0.39 is 5.97 Å². The summed E-state index contributed by atoms with van der Waals surface area (Å²) in [6.45, 7) is 3.05. The third-order valence-electron chi connectivity index (χ3n) is 5.47. The molecule has 0 amide bonds. The molecule has 32 heavy (non-hydrogen) atoms. The molecule has 168 valence electrons. The Kier molecular flexibility index (Phi) is 8.08. The maximum Gasteiger partial charge on any atom is 0.337 e. The van der Waals surface area contributed by atoms with Gasteiger partial charge in [0, 0.05) is 37.7 Å². The summed E-state index contributed by atoms with van der Waals surface area (Å²) in [5, 5.41) is 11.4. The van der Waals surface area contributed by atoms with Crippen molar-refractivity contribution in [1.29, 1.82) is 0 Å². The first-order valence-corrected chi connectivity index (χ1v) is 11.0. The fraction of sp³-hybridized carbons (Fsp3) is 0.308. The van der Waals surface area contributed by atoms with Crippen LogP contribution < -0.4 is 15.0 Å². The van der Waals surface area contributed by atoms with Gasteiger partial charge in [-0.3, -0.25) is 4.98 Å².